The van der Waals surface area contributed by atoms with E-state index in [1.165, 1.54) is 25.1 Å². The Hall–Kier alpha value is -3.19. The number of hydrogen-bond donors (Lipinski definition) is 1. The fourth-order valence-corrected chi connectivity index (χ4v) is 3.88. The average Bonchev–Trinajstić information content (AvgIpc) is 2.72. The first-order valence-corrected chi connectivity index (χ1v) is 10.3. The predicted octanol–water partition coefficient (Wildman–Crippen LogP) is 4.45. The summed E-state index contributed by atoms with van der Waals surface area (Å²) in [7, 11) is 0. The molecule has 1 fully saturated rings. The Morgan fingerprint density at radius 2 is 1.87 bits per heavy atom. The molecule has 2 heterocycles. The molecule has 0 amide bonds. The van der Waals surface area contributed by atoms with Crippen molar-refractivity contribution in [1.82, 2.24) is 0 Å². The van der Waals surface area contributed by atoms with Crippen molar-refractivity contribution in [1.29, 1.82) is 0 Å². The number of aryl methyl sites for hydroxylation is 1. The summed E-state index contributed by atoms with van der Waals surface area (Å²) < 4.78 is 25.4. The first-order valence-electron chi connectivity index (χ1n) is 10.3. The molecule has 162 valence electrons. The van der Waals surface area contributed by atoms with Crippen molar-refractivity contribution in [3.63, 3.8) is 0 Å². The third-order valence-electron chi connectivity index (χ3n) is 5.47. The number of rotatable bonds is 5. The van der Waals surface area contributed by atoms with Crippen LogP contribution in [0.4, 0.5) is 16.0 Å². The van der Waals surface area contributed by atoms with Crippen molar-refractivity contribution < 1.29 is 18.3 Å². The Morgan fingerprint density at radius 1 is 1.13 bits per heavy atom. The molecular weight excluding hydrogens is 399 g/mol. The molecule has 2 aromatic carbocycles. The zero-order valence-electron chi connectivity index (χ0n) is 17.8. The second kappa shape index (κ2) is 8.51. The molecule has 1 aliphatic heterocycles. The van der Waals surface area contributed by atoms with Crippen LogP contribution >= 0.6 is 0 Å². The highest BCUT2D eigenvalue weighted by Gasteiger charge is 2.21. The number of Topliss-reactive ketones (excluding diaryl/α,β-unsaturated/α-hetero) is 1. The first kappa shape index (κ1) is 21.1. The molecule has 31 heavy (non-hydrogen) atoms. The van der Waals surface area contributed by atoms with E-state index in [9.17, 15) is 14.0 Å². The van der Waals surface area contributed by atoms with Crippen molar-refractivity contribution in [3.8, 4) is 0 Å². The van der Waals surface area contributed by atoms with Crippen molar-refractivity contribution in [2.45, 2.75) is 26.8 Å². The minimum Gasteiger partial charge on any atom is -0.440 e. The minimum atomic E-state index is -0.342. The quantitative estimate of drug-likeness (QED) is 0.610. The fourth-order valence-electron chi connectivity index (χ4n) is 3.88. The molecule has 0 spiro atoms. The lowest BCUT2D eigenvalue weighted by atomic mass is 9.99. The van der Waals surface area contributed by atoms with Gasteiger partial charge in [0.2, 0.25) is 0 Å². The summed E-state index contributed by atoms with van der Waals surface area (Å²) >= 11 is 0. The van der Waals surface area contributed by atoms with Crippen molar-refractivity contribution in [3.05, 3.63) is 69.1 Å². The van der Waals surface area contributed by atoms with Crippen LogP contribution in [0, 0.1) is 12.7 Å². The molecule has 0 bridgehead atoms. The van der Waals surface area contributed by atoms with Gasteiger partial charge in [0, 0.05) is 36.0 Å². The van der Waals surface area contributed by atoms with Gasteiger partial charge in [0.25, 0.3) is 0 Å². The van der Waals surface area contributed by atoms with Gasteiger partial charge in [0.1, 0.15) is 11.4 Å². The lowest BCUT2D eigenvalue weighted by Crippen LogP contribution is -2.36. The van der Waals surface area contributed by atoms with Crippen LogP contribution in [0.15, 0.2) is 45.6 Å². The van der Waals surface area contributed by atoms with Crippen LogP contribution in [-0.2, 0) is 4.74 Å². The van der Waals surface area contributed by atoms with Crippen LogP contribution in [0.25, 0.3) is 11.0 Å². The standard InChI is InChI=1S/C24H25FN2O4/c1-14-8-18(25)12-19(9-14)26-15(2)20-10-17(16(3)28)11-21-22(29)13-23(31-24(20)21)27-4-6-30-7-5-27/h8-13,15,26H,4-7H2,1-3H3/t15-/m1/s1. The summed E-state index contributed by atoms with van der Waals surface area (Å²) in [5.41, 5.74) is 2.71. The topological polar surface area (TPSA) is 71.8 Å². The maximum Gasteiger partial charge on any atom is 0.200 e. The van der Waals surface area contributed by atoms with Gasteiger partial charge in [-0.2, -0.15) is 0 Å². The molecule has 0 unspecified atom stereocenters. The number of nitrogens with zero attached hydrogens (tertiary/aromatic N) is 1. The number of hydrogen-bond acceptors (Lipinski definition) is 6. The van der Waals surface area contributed by atoms with E-state index in [0.29, 0.717) is 60.0 Å². The molecule has 4 rings (SSSR count). The summed E-state index contributed by atoms with van der Waals surface area (Å²) in [6.07, 6.45) is 0. The summed E-state index contributed by atoms with van der Waals surface area (Å²) in [5, 5.41) is 3.62. The van der Waals surface area contributed by atoms with Crippen molar-refractivity contribution >= 4 is 28.3 Å². The molecule has 0 saturated carbocycles. The lowest BCUT2D eigenvalue weighted by Gasteiger charge is -2.27. The van der Waals surface area contributed by atoms with Crippen LogP contribution in [0.1, 0.15) is 41.4 Å². The molecule has 1 N–H and O–H groups in total. The molecule has 7 heteroatoms. The van der Waals surface area contributed by atoms with E-state index in [1.807, 2.05) is 24.8 Å². The number of nitrogens with one attached hydrogen (secondary N) is 1. The van der Waals surface area contributed by atoms with E-state index in [4.69, 9.17) is 9.15 Å². The van der Waals surface area contributed by atoms with Crippen LogP contribution in [0.5, 0.6) is 0 Å². The number of carbonyl (C=O) groups excluding carboxylic acids is 1. The monoisotopic (exact) mass is 424 g/mol. The fraction of sp³-hybridized carbons (Fsp3) is 0.333. The smallest absolute Gasteiger partial charge is 0.200 e. The highest BCUT2D eigenvalue weighted by molar-refractivity contribution is 5.98. The van der Waals surface area contributed by atoms with Crippen molar-refractivity contribution in [2.24, 2.45) is 0 Å². The third kappa shape index (κ3) is 4.46. The summed E-state index contributed by atoms with van der Waals surface area (Å²) in [6, 6.07) is 9.15. The number of ketones is 1. The maximum atomic E-state index is 13.9. The van der Waals surface area contributed by atoms with Crippen LogP contribution in [0.3, 0.4) is 0 Å². The van der Waals surface area contributed by atoms with Crippen molar-refractivity contribution in [2.75, 3.05) is 36.5 Å². The number of halogens is 1. The highest BCUT2D eigenvalue weighted by atomic mass is 19.1. The minimum absolute atomic E-state index is 0.145. The first-order chi connectivity index (χ1) is 14.8. The number of ether oxygens (including phenoxy) is 1. The van der Waals surface area contributed by atoms with Gasteiger partial charge in [-0.1, -0.05) is 0 Å². The number of benzene rings is 2. The Morgan fingerprint density at radius 3 is 2.55 bits per heavy atom. The van der Waals surface area contributed by atoms with Crippen LogP contribution in [0.2, 0.25) is 0 Å². The second-order valence-electron chi connectivity index (χ2n) is 7.93. The highest BCUT2D eigenvalue weighted by Crippen LogP contribution is 2.31. The molecule has 1 atom stereocenters. The summed E-state index contributed by atoms with van der Waals surface area (Å²) in [6.45, 7) is 7.56. The van der Waals surface area contributed by atoms with E-state index in [2.05, 4.69) is 5.32 Å². The van der Waals surface area contributed by atoms with Gasteiger partial charge in [-0.15, -0.1) is 0 Å². The largest absolute Gasteiger partial charge is 0.440 e. The molecule has 0 aliphatic carbocycles. The maximum absolute atomic E-state index is 13.9. The van der Waals surface area contributed by atoms with Gasteiger partial charge in [0.05, 0.1) is 24.6 Å². The third-order valence-corrected chi connectivity index (χ3v) is 5.47. The van der Waals surface area contributed by atoms with E-state index in [1.54, 1.807) is 12.1 Å². The van der Waals surface area contributed by atoms with E-state index in [0.717, 1.165) is 5.56 Å². The van der Waals surface area contributed by atoms with Gasteiger partial charge in [-0.25, -0.2) is 4.39 Å². The molecule has 6 nitrogen and oxygen atoms in total. The predicted molar refractivity (Wildman–Crippen MR) is 119 cm³/mol. The van der Waals surface area contributed by atoms with E-state index >= 15 is 0 Å². The van der Waals surface area contributed by atoms with E-state index in [-0.39, 0.29) is 23.1 Å². The van der Waals surface area contributed by atoms with Crippen LogP contribution in [-0.4, -0.2) is 32.1 Å². The van der Waals surface area contributed by atoms with Crippen LogP contribution < -0.4 is 15.6 Å². The van der Waals surface area contributed by atoms with E-state index < -0.39 is 0 Å². The SMILES string of the molecule is CC(=O)c1cc([C@@H](C)Nc2cc(C)cc(F)c2)c2oc(N3CCOCC3)cc(=O)c2c1. The number of fused-ring (bicyclic) bond motifs is 1. The lowest BCUT2D eigenvalue weighted by molar-refractivity contribution is 0.101. The molecular formula is C24H25FN2O4. The average molecular weight is 424 g/mol. The molecule has 1 aromatic heterocycles. The zero-order valence-corrected chi connectivity index (χ0v) is 17.8. The Bertz CT molecular complexity index is 1180. The molecule has 0 radical (unpaired) electrons. The zero-order chi connectivity index (χ0) is 22.1. The van der Waals surface area contributed by atoms with Gasteiger partial charge >= 0.3 is 0 Å². The normalized spacial score (nSPS) is 15.2. The van der Waals surface area contributed by atoms with Gasteiger partial charge in [-0.3, -0.25) is 9.59 Å². The molecule has 3 aromatic rings. The van der Waals surface area contributed by atoms with Gasteiger partial charge in [-0.05, 0) is 56.7 Å². The number of morpholine rings is 1. The second-order valence-corrected chi connectivity index (χ2v) is 7.93. The summed E-state index contributed by atoms with van der Waals surface area (Å²) in [4.78, 5) is 27.0. The Kier molecular flexibility index (Phi) is 5.78. The van der Waals surface area contributed by atoms with Gasteiger partial charge < -0.3 is 19.4 Å². The molecule has 1 aliphatic rings. The number of carbonyl (C=O) groups is 1. The number of anilines is 2. The Labute approximate surface area is 179 Å². The Balaban J connectivity index is 1.83. The molecule has 1 saturated heterocycles. The van der Waals surface area contributed by atoms with Gasteiger partial charge in [0.15, 0.2) is 17.1 Å². The summed E-state index contributed by atoms with van der Waals surface area (Å²) in [5.74, 6) is -0.00166.